The normalized spacial score (nSPS) is 16.0. The van der Waals surface area contributed by atoms with Gasteiger partial charge in [-0.1, -0.05) is 24.3 Å². The molecule has 27 heavy (non-hydrogen) atoms. The summed E-state index contributed by atoms with van der Waals surface area (Å²) in [5.74, 6) is 0.752. The summed E-state index contributed by atoms with van der Waals surface area (Å²) in [5, 5.41) is 2.93. The Morgan fingerprint density at radius 1 is 1.26 bits per heavy atom. The topological polar surface area (TPSA) is 71.8 Å². The molecule has 0 fully saturated rings. The number of rotatable bonds is 8. The Bertz CT molecular complexity index is 757. The number of ether oxygens (including phenoxy) is 1. The zero-order valence-electron chi connectivity index (χ0n) is 15.6. The monoisotopic (exact) mass is 370 g/mol. The second kappa shape index (κ2) is 9.37. The van der Waals surface area contributed by atoms with Gasteiger partial charge in [0.2, 0.25) is 11.8 Å². The molecule has 144 valence electrons. The molecule has 0 spiro atoms. The van der Waals surface area contributed by atoms with E-state index in [1.165, 1.54) is 5.56 Å². The van der Waals surface area contributed by atoms with Crippen molar-refractivity contribution in [3.8, 4) is 0 Å². The molecule has 1 atom stereocenters. The van der Waals surface area contributed by atoms with Crippen LogP contribution in [0.25, 0.3) is 0 Å². The number of fused-ring (bicyclic) bond motifs is 1. The first-order valence-corrected chi connectivity index (χ1v) is 9.37. The number of amides is 2. The van der Waals surface area contributed by atoms with Crippen LogP contribution in [0, 0.1) is 0 Å². The summed E-state index contributed by atoms with van der Waals surface area (Å²) < 4.78 is 10.7. The summed E-state index contributed by atoms with van der Waals surface area (Å²) in [4.78, 5) is 26.2. The van der Waals surface area contributed by atoms with E-state index in [0.29, 0.717) is 26.3 Å². The van der Waals surface area contributed by atoms with Crippen molar-refractivity contribution < 1.29 is 18.7 Å². The SMILES string of the molecule is CC(=O)N1CCc2ccccc2C1CC(=O)NCCCOCc1ccco1. The van der Waals surface area contributed by atoms with Gasteiger partial charge in [0.25, 0.3) is 0 Å². The Kier molecular flexibility index (Phi) is 6.65. The van der Waals surface area contributed by atoms with Crippen LogP contribution >= 0.6 is 0 Å². The van der Waals surface area contributed by atoms with E-state index < -0.39 is 0 Å². The standard InChI is InChI=1S/C21H26N2O4/c1-16(24)23-11-9-17-6-2-3-8-19(17)20(23)14-21(25)22-10-5-12-26-15-18-7-4-13-27-18/h2-4,6-8,13,20H,5,9-12,14-15H2,1H3,(H,22,25). The van der Waals surface area contributed by atoms with Gasteiger partial charge in [-0.2, -0.15) is 0 Å². The fraction of sp³-hybridized carbons (Fsp3) is 0.429. The second-order valence-corrected chi connectivity index (χ2v) is 6.72. The van der Waals surface area contributed by atoms with Gasteiger partial charge in [-0.3, -0.25) is 9.59 Å². The van der Waals surface area contributed by atoms with E-state index in [1.807, 2.05) is 30.3 Å². The van der Waals surface area contributed by atoms with Crippen LogP contribution in [0.5, 0.6) is 0 Å². The summed E-state index contributed by atoms with van der Waals surface area (Å²) in [5.41, 5.74) is 2.30. The summed E-state index contributed by atoms with van der Waals surface area (Å²) in [7, 11) is 0. The Hall–Kier alpha value is -2.60. The summed E-state index contributed by atoms with van der Waals surface area (Å²) >= 11 is 0. The number of hydrogen-bond acceptors (Lipinski definition) is 4. The summed E-state index contributed by atoms with van der Waals surface area (Å²) in [6, 6.07) is 11.6. The van der Waals surface area contributed by atoms with Crippen molar-refractivity contribution in [1.29, 1.82) is 0 Å². The van der Waals surface area contributed by atoms with E-state index in [4.69, 9.17) is 9.15 Å². The van der Waals surface area contributed by atoms with Crippen molar-refractivity contribution in [2.75, 3.05) is 19.7 Å². The molecule has 1 aromatic carbocycles. The third-order valence-corrected chi connectivity index (χ3v) is 4.81. The van der Waals surface area contributed by atoms with Crippen LogP contribution in [0.1, 0.15) is 42.7 Å². The van der Waals surface area contributed by atoms with Crippen molar-refractivity contribution in [2.45, 2.75) is 38.8 Å². The fourth-order valence-corrected chi connectivity index (χ4v) is 3.47. The lowest BCUT2D eigenvalue weighted by molar-refractivity contribution is -0.133. The Balaban J connectivity index is 1.45. The lowest BCUT2D eigenvalue weighted by Crippen LogP contribution is -2.41. The summed E-state index contributed by atoms with van der Waals surface area (Å²) in [6.07, 6.45) is 3.46. The molecular formula is C21H26N2O4. The third kappa shape index (κ3) is 5.20. The zero-order valence-corrected chi connectivity index (χ0v) is 15.6. The zero-order chi connectivity index (χ0) is 19.1. The van der Waals surface area contributed by atoms with Gasteiger partial charge < -0.3 is 19.4 Å². The third-order valence-electron chi connectivity index (χ3n) is 4.81. The first kappa shape index (κ1) is 19.2. The molecule has 3 rings (SSSR count). The quantitative estimate of drug-likeness (QED) is 0.726. The maximum absolute atomic E-state index is 12.4. The van der Waals surface area contributed by atoms with E-state index in [0.717, 1.165) is 24.2 Å². The first-order valence-electron chi connectivity index (χ1n) is 9.37. The molecule has 1 N–H and O–H groups in total. The molecule has 1 aromatic heterocycles. The highest BCUT2D eigenvalue weighted by atomic mass is 16.5. The molecule has 2 amide bonds. The number of carbonyl (C=O) groups excluding carboxylic acids is 2. The molecule has 6 nitrogen and oxygen atoms in total. The van der Waals surface area contributed by atoms with Gasteiger partial charge in [0.15, 0.2) is 0 Å². The number of benzene rings is 1. The van der Waals surface area contributed by atoms with Crippen LogP contribution in [-0.2, 0) is 27.4 Å². The van der Waals surface area contributed by atoms with Crippen LogP contribution in [0.15, 0.2) is 47.1 Å². The van der Waals surface area contributed by atoms with Crippen LogP contribution in [0.4, 0.5) is 0 Å². The van der Waals surface area contributed by atoms with E-state index in [1.54, 1.807) is 18.1 Å². The summed E-state index contributed by atoms with van der Waals surface area (Å²) in [6.45, 7) is 3.76. The number of carbonyl (C=O) groups is 2. The van der Waals surface area contributed by atoms with Gasteiger partial charge in [0.05, 0.1) is 18.7 Å². The minimum atomic E-state index is -0.192. The lowest BCUT2D eigenvalue weighted by atomic mass is 9.90. The van der Waals surface area contributed by atoms with E-state index in [-0.39, 0.29) is 24.3 Å². The minimum absolute atomic E-state index is 0.00799. The van der Waals surface area contributed by atoms with E-state index in [9.17, 15) is 9.59 Å². The highest BCUT2D eigenvalue weighted by Crippen LogP contribution is 2.32. The largest absolute Gasteiger partial charge is 0.467 e. The smallest absolute Gasteiger partial charge is 0.222 e. The predicted octanol–water partition coefficient (Wildman–Crippen LogP) is 2.84. The molecule has 6 heteroatoms. The minimum Gasteiger partial charge on any atom is -0.467 e. The molecule has 2 heterocycles. The maximum Gasteiger partial charge on any atom is 0.222 e. The lowest BCUT2D eigenvalue weighted by Gasteiger charge is -2.36. The van der Waals surface area contributed by atoms with Gasteiger partial charge in [0, 0.05) is 26.6 Å². The van der Waals surface area contributed by atoms with Gasteiger partial charge in [0.1, 0.15) is 12.4 Å². The molecule has 0 saturated carbocycles. The van der Waals surface area contributed by atoms with Crippen molar-refractivity contribution >= 4 is 11.8 Å². The first-order chi connectivity index (χ1) is 13.1. The van der Waals surface area contributed by atoms with Crippen LogP contribution < -0.4 is 5.32 Å². The van der Waals surface area contributed by atoms with Crippen molar-refractivity contribution in [2.24, 2.45) is 0 Å². The average Bonchev–Trinajstić information content (AvgIpc) is 3.18. The molecule has 0 saturated heterocycles. The molecule has 0 radical (unpaired) electrons. The van der Waals surface area contributed by atoms with Crippen molar-refractivity contribution in [3.63, 3.8) is 0 Å². The molecule has 1 unspecified atom stereocenters. The highest BCUT2D eigenvalue weighted by Gasteiger charge is 2.30. The van der Waals surface area contributed by atoms with Crippen molar-refractivity contribution in [3.05, 3.63) is 59.5 Å². The molecular weight excluding hydrogens is 344 g/mol. The maximum atomic E-state index is 12.4. The number of nitrogens with zero attached hydrogens (tertiary/aromatic N) is 1. The second-order valence-electron chi connectivity index (χ2n) is 6.72. The highest BCUT2D eigenvalue weighted by molar-refractivity contribution is 5.79. The fourth-order valence-electron chi connectivity index (χ4n) is 3.47. The van der Waals surface area contributed by atoms with Gasteiger partial charge >= 0.3 is 0 Å². The van der Waals surface area contributed by atoms with Crippen LogP contribution in [0.2, 0.25) is 0 Å². The van der Waals surface area contributed by atoms with Gasteiger partial charge in [-0.15, -0.1) is 0 Å². The molecule has 0 aliphatic carbocycles. The Labute approximate surface area is 159 Å². The van der Waals surface area contributed by atoms with Crippen LogP contribution in [-0.4, -0.2) is 36.4 Å². The molecule has 1 aliphatic heterocycles. The molecule has 1 aliphatic rings. The van der Waals surface area contributed by atoms with Gasteiger partial charge in [-0.05, 0) is 36.1 Å². The van der Waals surface area contributed by atoms with Crippen molar-refractivity contribution in [1.82, 2.24) is 10.2 Å². The Morgan fingerprint density at radius 2 is 2.11 bits per heavy atom. The van der Waals surface area contributed by atoms with E-state index in [2.05, 4.69) is 11.4 Å². The predicted molar refractivity (Wildman–Crippen MR) is 101 cm³/mol. The van der Waals surface area contributed by atoms with Crippen LogP contribution in [0.3, 0.4) is 0 Å². The van der Waals surface area contributed by atoms with Gasteiger partial charge in [-0.25, -0.2) is 0 Å². The molecule has 0 bridgehead atoms. The van der Waals surface area contributed by atoms with E-state index >= 15 is 0 Å². The number of furan rings is 1. The number of hydrogen-bond donors (Lipinski definition) is 1. The average molecular weight is 370 g/mol. The Morgan fingerprint density at radius 3 is 2.89 bits per heavy atom. The number of nitrogens with one attached hydrogen (secondary N) is 1. The molecule has 2 aromatic rings.